The number of unbranched alkanes of at least 4 members (excludes halogenated alkanes) is 13. The molecule has 8 nitrogen and oxygen atoms in total. The van der Waals surface area contributed by atoms with Gasteiger partial charge in [0.2, 0.25) is 0 Å². The summed E-state index contributed by atoms with van der Waals surface area (Å²) in [5, 5.41) is 11.6. The van der Waals surface area contributed by atoms with Crippen molar-refractivity contribution in [3.8, 4) is 0 Å². The molecule has 0 fully saturated rings. The molecule has 0 aromatic heterocycles. The molecule has 312 valence electrons. The number of quaternary nitrogens is 1. The Labute approximate surface area is 335 Å². The molecule has 0 N–H and O–H groups in total. The number of hydrogen-bond acceptors (Lipinski definition) is 7. The number of aliphatic carboxylic acids is 1. The summed E-state index contributed by atoms with van der Waals surface area (Å²) in [7, 11) is 5.36. The third-order valence-electron chi connectivity index (χ3n) is 8.92. The van der Waals surface area contributed by atoms with Gasteiger partial charge < -0.3 is 28.6 Å². The second-order valence-corrected chi connectivity index (χ2v) is 15.0. The molecule has 8 heteroatoms. The molecule has 0 amide bonds. The Hall–Kier alpha value is -3.49. The number of carbonyl (C=O) groups is 3. The maximum Gasteiger partial charge on any atom is 0.306 e. The third kappa shape index (κ3) is 35.9. The van der Waals surface area contributed by atoms with Gasteiger partial charge >= 0.3 is 11.9 Å². The number of carboxylic acid groups (broad SMARTS) is 1. The van der Waals surface area contributed by atoms with E-state index in [-0.39, 0.29) is 55.5 Å². The number of esters is 2. The fourth-order valence-corrected chi connectivity index (χ4v) is 5.62. The minimum atomic E-state index is -1.14. The van der Waals surface area contributed by atoms with Gasteiger partial charge in [0.05, 0.1) is 40.3 Å². The zero-order valence-corrected chi connectivity index (χ0v) is 35.3. The van der Waals surface area contributed by atoms with Crippen LogP contribution in [0.5, 0.6) is 0 Å². The SMILES string of the molecule is CC/C=C/C=C/C=C/C=C/C=C/CCCC(=O)OCC(COCCC(C(=O)[O-])[N+](C)(C)C)OC(=O)CCCCCCC/C=C/C=C/CCCCCCCCC. The van der Waals surface area contributed by atoms with Crippen LogP contribution in [0.1, 0.15) is 142 Å². The lowest BCUT2D eigenvalue weighted by atomic mass is 10.1. The van der Waals surface area contributed by atoms with Gasteiger partial charge in [0.25, 0.3) is 0 Å². The van der Waals surface area contributed by atoms with Crippen LogP contribution in [0.2, 0.25) is 0 Å². The molecule has 0 bridgehead atoms. The lowest BCUT2D eigenvalue weighted by Gasteiger charge is -2.34. The number of carboxylic acids is 1. The Bertz CT molecular complexity index is 1170. The highest BCUT2D eigenvalue weighted by atomic mass is 16.6. The van der Waals surface area contributed by atoms with E-state index in [9.17, 15) is 19.5 Å². The quantitative estimate of drug-likeness (QED) is 0.0271. The summed E-state index contributed by atoms with van der Waals surface area (Å²) in [6, 6.07) is -0.743. The standard InChI is InChI=1S/C47H77NO7/c1-6-8-10-12-14-16-18-20-21-22-23-24-26-28-30-32-34-36-38-46(50)55-43(41-53-40-39-44(47(51)52)48(3,4)5)42-54-45(49)37-35-33-31-29-27-25-19-17-15-13-11-9-7-2/h9,11,13,15,17,19,21-25,27,29,31,43-44H,6-8,10,12,14,16,18,20,26,28,30,32-42H2,1-5H3/b11-9+,15-13+,19-17+,22-21+,24-23+,27-25+,31-29+. The molecule has 0 spiro atoms. The van der Waals surface area contributed by atoms with Crippen LogP contribution >= 0.6 is 0 Å². The molecule has 0 aliphatic carbocycles. The average Bonchev–Trinajstić information content (AvgIpc) is 3.14. The van der Waals surface area contributed by atoms with Crippen LogP contribution in [0.3, 0.4) is 0 Å². The Morgan fingerprint density at radius 3 is 1.58 bits per heavy atom. The van der Waals surface area contributed by atoms with Crippen LogP contribution in [-0.2, 0) is 28.6 Å². The highest BCUT2D eigenvalue weighted by Crippen LogP contribution is 2.12. The van der Waals surface area contributed by atoms with Crippen LogP contribution in [0.4, 0.5) is 0 Å². The number of carbonyl (C=O) groups excluding carboxylic acids is 3. The lowest BCUT2D eigenvalue weighted by molar-refractivity contribution is -0.889. The van der Waals surface area contributed by atoms with E-state index in [0.717, 1.165) is 57.8 Å². The van der Waals surface area contributed by atoms with Crippen molar-refractivity contribution in [1.82, 2.24) is 0 Å². The molecular weight excluding hydrogens is 691 g/mol. The van der Waals surface area contributed by atoms with Gasteiger partial charge in [-0.2, -0.15) is 0 Å². The van der Waals surface area contributed by atoms with Gasteiger partial charge in [-0.25, -0.2) is 0 Å². The van der Waals surface area contributed by atoms with Crippen LogP contribution in [0.15, 0.2) is 85.1 Å². The van der Waals surface area contributed by atoms with Crippen molar-refractivity contribution in [3.63, 3.8) is 0 Å². The molecule has 0 aromatic carbocycles. The average molecular weight is 768 g/mol. The van der Waals surface area contributed by atoms with Gasteiger partial charge in [-0.15, -0.1) is 0 Å². The van der Waals surface area contributed by atoms with Crippen LogP contribution in [0.25, 0.3) is 0 Å². The van der Waals surface area contributed by atoms with Crippen molar-refractivity contribution in [2.75, 3.05) is 41.0 Å². The van der Waals surface area contributed by atoms with E-state index in [4.69, 9.17) is 14.2 Å². The summed E-state index contributed by atoms with van der Waals surface area (Å²) in [6.45, 7) is 4.39. The van der Waals surface area contributed by atoms with Gasteiger partial charge in [-0.3, -0.25) is 9.59 Å². The van der Waals surface area contributed by atoms with Gasteiger partial charge in [0, 0.05) is 19.3 Å². The topological polar surface area (TPSA) is 102 Å². The first-order valence-electron chi connectivity index (χ1n) is 21.2. The molecule has 0 heterocycles. The normalized spacial score (nSPS) is 13.8. The van der Waals surface area contributed by atoms with Crippen molar-refractivity contribution in [3.05, 3.63) is 85.1 Å². The third-order valence-corrected chi connectivity index (χ3v) is 8.92. The van der Waals surface area contributed by atoms with E-state index in [1.54, 1.807) is 21.1 Å². The summed E-state index contributed by atoms with van der Waals surface area (Å²) in [5.74, 6) is -1.86. The molecule has 2 unspecified atom stereocenters. The van der Waals surface area contributed by atoms with Gasteiger partial charge in [-0.05, 0) is 51.4 Å². The van der Waals surface area contributed by atoms with Crippen molar-refractivity contribution < 1.29 is 38.2 Å². The highest BCUT2D eigenvalue weighted by molar-refractivity contribution is 5.70. The molecule has 0 saturated heterocycles. The van der Waals surface area contributed by atoms with Crippen molar-refractivity contribution in [1.29, 1.82) is 0 Å². The molecule has 2 atom stereocenters. The Balaban J connectivity index is 4.51. The fraction of sp³-hybridized carbons (Fsp3) is 0.638. The highest BCUT2D eigenvalue weighted by Gasteiger charge is 2.25. The predicted molar refractivity (Wildman–Crippen MR) is 226 cm³/mol. The molecule has 0 aliphatic heterocycles. The Morgan fingerprint density at radius 1 is 0.564 bits per heavy atom. The van der Waals surface area contributed by atoms with Crippen molar-refractivity contribution in [2.24, 2.45) is 0 Å². The van der Waals surface area contributed by atoms with Gasteiger partial charge in [0.1, 0.15) is 12.6 Å². The van der Waals surface area contributed by atoms with Gasteiger partial charge in [0.15, 0.2) is 6.10 Å². The predicted octanol–water partition coefficient (Wildman–Crippen LogP) is 10.0. The maximum absolute atomic E-state index is 12.7. The molecule has 0 radical (unpaired) electrons. The van der Waals surface area contributed by atoms with Crippen LogP contribution in [-0.4, -0.2) is 75.5 Å². The first-order valence-corrected chi connectivity index (χ1v) is 21.2. The summed E-state index contributed by atoms with van der Waals surface area (Å²) in [6.07, 6.45) is 47.6. The second kappa shape index (κ2) is 37.4. The van der Waals surface area contributed by atoms with E-state index in [0.29, 0.717) is 6.42 Å². The lowest BCUT2D eigenvalue weighted by Crippen LogP contribution is -2.55. The zero-order chi connectivity index (χ0) is 40.7. The number of ether oxygens (including phenoxy) is 3. The van der Waals surface area contributed by atoms with Gasteiger partial charge in [-0.1, -0.05) is 157 Å². The zero-order valence-electron chi connectivity index (χ0n) is 35.3. The largest absolute Gasteiger partial charge is 0.544 e. The van der Waals surface area contributed by atoms with E-state index in [2.05, 4.69) is 44.2 Å². The Morgan fingerprint density at radius 2 is 1.04 bits per heavy atom. The number of rotatable bonds is 36. The number of allylic oxidation sites excluding steroid dienone is 14. The molecule has 0 saturated carbocycles. The van der Waals surface area contributed by atoms with E-state index < -0.39 is 18.1 Å². The van der Waals surface area contributed by atoms with E-state index in [1.807, 2.05) is 54.7 Å². The fourth-order valence-electron chi connectivity index (χ4n) is 5.62. The monoisotopic (exact) mass is 768 g/mol. The van der Waals surface area contributed by atoms with Crippen molar-refractivity contribution >= 4 is 17.9 Å². The second-order valence-electron chi connectivity index (χ2n) is 15.0. The first kappa shape index (κ1) is 51.5. The van der Waals surface area contributed by atoms with E-state index >= 15 is 0 Å². The molecule has 0 aliphatic rings. The summed E-state index contributed by atoms with van der Waals surface area (Å²) in [4.78, 5) is 36.7. The smallest absolute Gasteiger partial charge is 0.306 e. The van der Waals surface area contributed by atoms with E-state index in [1.165, 1.54) is 44.9 Å². The molecule has 0 rings (SSSR count). The number of hydrogen-bond donors (Lipinski definition) is 0. The molecule has 55 heavy (non-hydrogen) atoms. The minimum absolute atomic E-state index is 0.00646. The van der Waals surface area contributed by atoms with Crippen LogP contribution in [0, 0.1) is 0 Å². The number of likely N-dealkylation sites (N-methyl/N-ethyl adjacent to an activating group) is 1. The van der Waals surface area contributed by atoms with Crippen molar-refractivity contribution in [2.45, 2.75) is 154 Å². The summed E-state index contributed by atoms with van der Waals surface area (Å²) >= 11 is 0. The first-order chi connectivity index (χ1) is 26.6. The minimum Gasteiger partial charge on any atom is -0.544 e. The molecule has 0 aromatic rings. The Kier molecular flexibility index (Phi) is 35.1. The summed E-state index contributed by atoms with van der Waals surface area (Å²) < 4.78 is 17.0. The summed E-state index contributed by atoms with van der Waals surface area (Å²) in [5.41, 5.74) is 0. The number of nitrogens with zero attached hydrogens (tertiary/aromatic N) is 1. The molecular formula is C47H77NO7. The maximum atomic E-state index is 12.7. The van der Waals surface area contributed by atoms with Crippen LogP contribution < -0.4 is 5.11 Å².